The summed E-state index contributed by atoms with van der Waals surface area (Å²) in [5.74, 6) is -0.0241. The van der Waals surface area contributed by atoms with Gasteiger partial charge in [0.15, 0.2) is 11.5 Å². The zero-order valence-corrected chi connectivity index (χ0v) is 18.4. The molecule has 9 heteroatoms. The molecule has 0 aliphatic rings. The number of aliphatic imine (C=N–C) groups is 1. The lowest BCUT2D eigenvalue weighted by Crippen LogP contribution is -2.18. The number of rotatable bonds is 6. The first-order valence-corrected chi connectivity index (χ1v) is 10.5. The normalized spacial score (nSPS) is 11.5. The van der Waals surface area contributed by atoms with Crippen molar-refractivity contribution in [2.75, 3.05) is 12.8 Å². The molecule has 0 aliphatic heterocycles. The Balaban J connectivity index is 1.87. The number of nitrogens with two attached hydrogens (primary N) is 2. The van der Waals surface area contributed by atoms with Crippen molar-refractivity contribution in [2.45, 2.75) is 24.0 Å². The van der Waals surface area contributed by atoms with E-state index in [1.807, 2.05) is 24.3 Å². The molecule has 0 saturated heterocycles. The first-order valence-electron chi connectivity index (χ1n) is 9.58. The van der Waals surface area contributed by atoms with Crippen molar-refractivity contribution in [3.63, 3.8) is 0 Å². The van der Waals surface area contributed by atoms with E-state index in [0.717, 1.165) is 10.5 Å². The Morgan fingerprint density at radius 1 is 1.13 bits per heavy atom. The fourth-order valence-corrected chi connectivity index (χ4v) is 3.65. The molecule has 0 bridgehead atoms. The van der Waals surface area contributed by atoms with Gasteiger partial charge in [-0.1, -0.05) is 36.3 Å². The molecular weight excluding hydrogens is 410 g/mol. The van der Waals surface area contributed by atoms with E-state index in [2.05, 4.69) is 28.8 Å². The summed E-state index contributed by atoms with van der Waals surface area (Å²) < 4.78 is 0.454. The first kappa shape index (κ1) is 22.1. The molecular formula is C22H24N7OS+. The highest BCUT2D eigenvalue weighted by Crippen LogP contribution is 2.26. The van der Waals surface area contributed by atoms with Crippen LogP contribution in [0.1, 0.15) is 25.1 Å². The largest absolute Gasteiger partial charge is 0.388 e. The molecule has 3 aromatic rings. The van der Waals surface area contributed by atoms with Crippen molar-refractivity contribution in [1.29, 1.82) is 5.41 Å². The summed E-state index contributed by atoms with van der Waals surface area (Å²) in [5, 5.41) is 8.82. The van der Waals surface area contributed by atoms with Crippen molar-refractivity contribution in [3.8, 4) is 11.3 Å². The van der Waals surface area contributed by atoms with E-state index in [1.54, 1.807) is 43.1 Å². The summed E-state index contributed by atoms with van der Waals surface area (Å²) in [6.45, 7) is 4.27. The minimum atomic E-state index is -0.399. The van der Waals surface area contributed by atoms with Gasteiger partial charge in [-0.25, -0.2) is 9.97 Å². The summed E-state index contributed by atoms with van der Waals surface area (Å²) >= 11 is 1.77. The summed E-state index contributed by atoms with van der Waals surface area (Å²) in [7, 11) is 1.59. The van der Waals surface area contributed by atoms with E-state index in [1.165, 1.54) is 6.20 Å². The minimum absolute atomic E-state index is 0.0144. The molecule has 0 saturated carbocycles. The van der Waals surface area contributed by atoms with Crippen LogP contribution in [0.3, 0.4) is 0 Å². The Kier molecular flexibility index (Phi) is 6.76. The smallest absolute Gasteiger partial charge is 0.384 e. The minimum Gasteiger partial charge on any atom is -0.384 e. The van der Waals surface area contributed by atoms with Gasteiger partial charge in [0.1, 0.15) is 5.84 Å². The Hall–Kier alpha value is -3.59. The Morgan fingerprint density at radius 2 is 1.77 bits per heavy atom. The molecule has 31 heavy (non-hydrogen) atoms. The predicted octanol–water partition coefficient (Wildman–Crippen LogP) is 4.00. The number of benzene rings is 2. The molecule has 3 rings (SSSR count). The maximum atomic E-state index is 12.7. The molecule has 0 amide bonds. The zero-order valence-electron chi connectivity index (χ0n) is 17.5. The number of thioether (sulfide) groups is 1. The van der Waals surface area contributed by atoms with Gasteiger partial charge in [-0.2, -0.15) is 0 Å². The van der Waals surface area contributed by atoms with Gasteiger partial charge in [0.25, 0.3) is 0 Å². The number of nitrogen functional groups attached to an aromatic ring is 1. The predicted molar refractivity (Wildman–Crippen MR) is 126 cm³/mol. The molecule has 2 aromatic carbocycles. The maximum Gasteiger partial charge on any atom is 0.388 e. The van der Waals surface area contributed by atoms with Crippen molar-refractivity contribution in [3.05, 3.63) is 70.9 Å². The van der Waals surface area contributed by atoms with Crippen LogP contribution in [0.2, 0.25) is 0 Å². The second kappa shape index (κ2) is 9.48. The maximum absolute atomic E-state index is 12.7. The number of amidine groups is 2. The quantitative estimate of drug-likeness (QED) is 0.232. The fourth-order valence-electron chi connectivity index (χ4n) is 2.81. The van der Waals surface area contributed by atoms with E-state index in [-0.39, 0.29) is 17.2 Å². The standard InChI is InChI=1S/C22H24N7OS/c1-13(2)31-17-10-6-14(7-11-17)18-12-27-21(24)19(28-18)22(25)29(30)16-8-4-15(5-9-16)20(23)26-3/h4-13,25H,1-3H3,(H2,23,26)(H2,24,27)/q+1. The summed E-state index contributed by atoms with van der Waals surface area (Å²) in [6.07, 6.45) is 1.54. The summed E-state index contributed by atoms with van der Waals surface area (Å²) in [6, 6.07) is 14.3. The third kappa shape index (κ3) is 5.13. The van der Waals surface area contributed by atoms with Crippen LogP contribution in [0.15, 0.2) is 64.6 Å². The van der Waals surface area contributed by atoms with E-state index in [9.17, 15) is 4.91 Å². The molecule has 0 spiro atoms. The highest BCUT2D eigenvalue weighted by Gasteiger charge is 2.26. The molecule has 0 radical (unpaired) electrons. The van der Waals surface area contributed by atoms with Gasteiger partial charge in [-0.3, -0.25) is 4.99 Å². The van der Waals surface area contributed by atoms with E-state index in [0.29, 0.717) is 27.1 Å². The first-order chi connectivity index (χ1) is 14.8. The fraction of sp³-hybridized carbons (Fsp3) is 0.182. The second-order valence-electron chi connectivity index (χ2n) is 6.98. The molecule has 158 valence electrons. The van der Waals surface area contributed by atoms with Crippen molar-refractivity contribution >= 4 is 34.9 Å². The third-order valence-electron chi connectivity index (χ3n) is 4.39. The topological polar surface area (TPSA) is 134 Å². The number of anilines is 1. The van der Waals surface area contributed by atoms with Gasteiger partial charge in [-0.05, 0) is 36.4 Å². The van der Waals surface area contributed by atoms with E-state index >= 15 is 0 Å². The van der Waals surface area contributed by atoms with Crippen LogP contribution >= 0.6 is 11.8 Å². The Morgan fingerprint density at radius 3 is 2.35 bits per heavy atom. The molecule has 1 heterocycles. The number of nitrogens with zero attached hydrogens (tertiary/aromatic N) is 4. The molecule has 0 unspecified atom stereocenters. The van der Waals surface area contributed by atoms with Crippen LogP contribution in [0.25, 0.3) is 11.3 Å². The monoisotopic (exact) mass is 434 g/mol. The summed E-state index contributed by atoms with van der Waals surface area (Å²) in [5.41, 5.74) is 14.0. The molecule has 0 fully saturated rings. The highest BCUT2D eigenvalue weighted by molar-refractivity contribution is 7.99. The molecule has 8 nitrogen and oxygen atoms in total. The van der Waals surface area contributed by atoms with E-state index in [4.69, 9.17) is 16.9 Å². The van der Waals surface area contributed by atoms with Gasteiger partial charge in [0, 0.05) is 33.1 Å². The Bertz CT molecular complexity index is 1140. The number of nitrogens with one attached hydrogen (secondary N) is 1. The average Bonchev–Trinajstić information content (AvgIpc) is 2.78. The van der Waals surface area contributed by atoms with Gasteiger partial charge in [0.05, 0.1) is 11.9 Å². The van der Waals surface area contributed by atoms with Crippen LogP contribution in [0.5, 0.6) is 0 Å². The second-order valence-corrected chi connectivity index (χ2v) is 8.63. The third-order valence-corrected chi connectivity index (χ3v) is 5.40. The Labute approximate surface area is 184 Å². The van der Waals surface area contributed by atoms with Gasteiger partial charge in [0.2, 0.25) is 5.69 Å². The van der Waals surface area contributed by atoms with Crippen molar-refractivity contribution in [2.24, 2.45) is 10.7 Å². The molecule has 1 aromatic heterocycles. The average molecular weight is 435 g/mol. The zero-order chi connectivity index (χ0) is 22.5. The van der Waals surface area contributed by atoms with Crippen molar-refractivity contribution < 1.29 is 4.76 Å². The van der Waals surface area contributed by atoms with Crippen LogP contribution in [-0.2, 0) is 0 Å². The van der Waals surface area contributed by atoms with Gasteiger partial charge >= 0.3 is 5.84 Å². The number of nitroso groups, excluding NO2 is 1. The van der Waals surface area contributed by atoms with Crippen molar-refractivity contribution in [1.82, 2.24) is 9.97 Å². The molecule has 5 N–H and O–H groups in total. The lowest BCUT2D eigenvalue weighted by Gasteiger charge is -2.07. The van der Waals surface area contributed by atoms with Crippen LogP contribution in [0.4, 0.5) is 11.5 Å². The molecule has 0 aliphatic carbocycles. The van der Waals surface area contributed by atoms with Crippen LogP contribution in [-0.4, -0.2) is 38.7 Å². The highest BCUT2D eigenvalue weighted by atomic mass is 32.2. The van der Waals surface area contributed by atoms with Gasteiger partial charge < -0.3 is 11.5 Å². The van der Waals surface area contributed by atoms with Gasteiger partial charge in [-0.15, -0.1) is 11.8 Å². The van der Waals surface area contributed by atoms with E-state index < -0.39 is 5.84 Å². The number of hydrogen-bond donors (Lipinski definition) is 3. The number of aromatic nitrogens is 2. The SMILES string of the molecule is CN=C(N)c1ccc([N+](=O)C(=N)c2nc(-c3ccc(SC(C)C)cc3)cnc2N)cc1. The van der Waals surface area contributed by atoms with Crippen LogP contribution < -0.4 is 11.5 Å². The lowest BCUT2D eigenvalue weighted by atomic mass is 10.1. The van der Waals surface area contributed by atoms with Crippen LogP contribution in [0, 0.1) is 10.3 Å². The summed E-state index contributed by atoms with van der Waals surface area (Å²) in [4.78, 5) is 26.4. The number of hydrogen-bond acceptors (Lipinski definition) is 7. The lowest BCUT2D eigenvalue weighted by molar-refractivity contribution is -0.331. The molecule has 0 atom stereocenters.